The Morgan fingerprint density at radius 1 is 1.53 bits per heavy atom. The van der Waals surface area contributed by atoms with Crippen molar-refractivity contribution >= 4 is 33.7 Å². The van der Waals surface area contributed by atoms with Crippen LogP contribution in [0, 0.1) is 0 Å². The van der Waals surface area contributed by atoms with Crippen molar-refractivity contribution in [1.29, 1.82) is 0 Å². The van der Waals surface area contributed by atoms with E-state index in [9.17, 15) is 4.79 Å². The van der Waals surface area contributed by atoms with Gasteiger partial charge in [0.1, 0.15) is 0 Å². The molecule has 2 aromatic heterocycles. The molecule has 0 atom stereocenters. The molecule has 0 aliphatic carbocycles. The fourth-order valence-electron chi connectivity index (χ4n) is 1.75. The zero-order valence-electron chi connectivity index (χ0n) is 9.03. The standard InChI is InChI=1S/C11H11N3OS2/c15-10(8-2-1-5-16-8)14-11-13-7-3-4-12-6-9(7)17-11/h1-2,5,12H,3-4,6H2,(H,13,14,15). The van der Waals surface area contributed by atoms with Crippen molar-refractivity contribution in [2.75, 3.05) is 11.9 Å². The summed E-state index contributed by atoms with van der Waals surface area (Å²) in [5.41, 5.74) is 1.12. The summed E-state index contributed by atoms with van der Waals surface area (Å²) >= 11 is 3.00. The van der Waals surface area contributed by atoms with E-state index in [-0.39, 0.29) is 5.91 Å². The highest BCUT2D eigenvalue weighted by molar-refractivity contribution is 7.16. The van der Waals surface area contributed by atoms with Crippen LogP contribution in [0.4, 0.5) is 5.13 Å². The van der Waals surface area contributed by atoms with Gasteiger partial charge >= 0.3 is 0 Å². The molecular weight excluding hydrogens is 254 g/mol. The van der Waals surface area contributed by atoms with Crippen LogP contribution >= 0.6 is 22.7 Å². The Kier molecular flexibility index (Phi) is 2.92. The van der Waals surface area contributed by atoms with E-state index in [0.717, 1.165) is 30.1 Å². The molecule has 3 rings (SSSR count). The molecule has 88 valence electrons. The highest BCUT2D eigenvalue weighted by atomic mass is 32.1. The zero-order chi connectivity index (χ0) is 11.7. The summed E-state index contributed by atoms with van der Waals surface area (Å²) in [6.45, 7) is 1.83. The van der Waals surface area contributed by atoms with E-state index in [1.807, 2.05) is 17.5 Å². The molecule has 2 N–H and O–H groups in total. The van der Waals surface area contributed by atoms with E-state index >= 15 is 0 Å². The number of nitrogens with one attached hydrogen (secondary N) is 2. The molecule has 1 aliphatic rings. The van der Waals surface area contributed by atoms with Crippen LogP contribution in [0.1, 0.15) is 20.2 Å². The minimum atomic E-state index is -0.0703. The van der Waals surface area contributed by atoms with Gasteiger partial charge in [-0.25, -0.2) is 4.98 Å². The molecule has 0 bridgehead atoms. The fraction of sp³-hybridized carbons (Fsp3) is 0.273. The number of carbonyl (C=O) groups excluding carboxylic acids is 1. The number of aromatic nitrogens is 1. The lowest BCUT2D eigenvalue weighted by molar-refractivity contribution is 0.103. The van der Waals surface area contributed by atoms with Crippen molar-refractivity contribution in [2.24, 2.45) is 0 Å². The quantitative estimate of drug-likeness (QED) is 0.874. The molecule has 0 saturated heterocycles. The summed E-state index contributed by atoms with van der Waals surface area (Å²) in [7, 11) is 0. The second-order valence-corrected chi connectivity index (χ2v) is 5.78. The number of thiophene rings is 1. The zero-order valence-corrected chi connectivity index (χ0v) is 10.7. The van der Waals surface area contributed by atoms with Crippen LogP contribution in [0.3, 0.4) is 0 Å². The van der Waals surface area contributed by atoms with Gasteiger partial charge in [-0.1, -0.05) is 6.07 Å². The van der Waals surface area contributed by atoms with Gasteiger partial charge in [-0.05, 0) is 11.4 Å². The molecule has 1 amide bonds. The largest absolute Gasteiger partial charge is 0.311 e. The average Bonchev–Trinajstić information content (AvgIpc) is 2.97. The van der Waals surface area contributed by atoms with Crippen LogP contribution in [0.25, 0.3) is 0 Å². The first kappa shape index (κ1) is 10.9. The molecule has 2 aromatic rings. The van der Waals surface area contributed by atoms with Crippen LogP contribution < -0.4 is 10.6 Å². The lowest BCUT2D eigenvalue weighted by Crippen LogP contribution is -2.22. The predicted molar refractivity (Wildman–Crippen MR) is 69.8 cm³/mol. The number of thiazole rings is 1. The van der Waals surface area contributed by atoms with Crippen molar-refractivity contribution in [2.45, 2.75) is 13.0 Å². The van der Waals surface area contributed by atoms with Gasteiger partial charge < -0.3 is 5.32 Å². The Morgan fingerprint density at radius 3 is 3.24 bits per heavy atom. The molecule has 0 radical (unpaired) electrons. The van der Waals surface area contributed by atoms with Gasteiger partial charge in [0, 0.05) is 24.4 Å². The van der Waals surface area contributed by atoms with E-state index < -0.39 is 0 Å². The van der Waals surface area contributed by atoms with Crippen molar-refractivity contribution in [3.05, 3.63) is 33.0 Å². The molecule has 0 saturated carbocycles. The Morgan fingerprint density at radius 2 is 2.47 bits per heavy atom. The summed E-state index contributed by atoms with van der Waals surface area (Å²) in [5.74, 6) is -0.0703. The van der Waals surface area contributed by atoms with Gasteiger partial charge in [-0.2, -0.15) is 0 Å². The number of hydrogen-bond donors (Lipinski definition) is 2. The van der Waals surface area contributed by atoms with Gasteiger partial charge in [-0.3, -0.25) is 10.1 Å². The maximum absolute atomic E-state index is 11.8. The fourth-order valence-corrected chi connectivity index (χ4v) is 3.34. The van der Waals surface area contributed by atoms with Gasteiger partial charge in [0.05, 0.1) is 10.6 Å². The monoisotopic (exact) mass is 265 g/mol. The molecule has 6 heteroatoms. The van der Waals surface area contributed by atoms with Crippen molar-refractivity contribution in [3.8, 4) is 0 Å². The van der Waals surface area contributed by atoms with E-state index in [2.05, 4.69) is 15.6 Å². The van der Waals surface area contributed by atoms with Crippen LogP contribution in [-0.2, 0) is 13.0 Å². The summed E-state index contributed by atoms with van der Waals surface area (Å²) in [5, 5.41) is 8.75. The van der Waals surface area contributed by atoms with Crippen LogP contribution in [0.15, 0.2) is 17.5 Å². The third kappa shape index (κ3) is 2.24. The van der Waals surface area contributed by atoms with Crippen molar-refractivity contribution in [1.82, 2.24) is 10.3 Å². The lowest BCUT2D eigenvalue weighted by Gasteiger charge is -2.09. The molecular formula is C11H11N3OS2. The number of amides is 1. The van der Waals surface area contributed by atoms with Crippen molar-refractivity contribution < 1.29 is 4.79 Å². The molecule has 0 unspecified atom stereocenters. The summed E-state index contributed by atoms with van der Waals surface area (Å²) < 4.78 is 0. The number of rotatable bonds is 2. The molecule has 17 heavy (non-hydrogen) atoms. The molecule has 1 aliphatic heterocycles. The van der Waals surface area contributed by atoms with Gasteiger partial charge in [-0.15, -0.1) is 22.7 Å². The normalized spacial score (nSPS) is 14.4. The predicted octanol–water partition coefficient (Wildman–Crippen LogP) is 2.10. The minimum Gasteiger partial charge on any atom is -0.311 e. The smallest absolute Gasteiger partial charge is 0.267 e. The first-order valence-electron chi connectivity index (χ1n) is 5.37. The summed E-state index contributed by atoms with van der Waals surface area (Å²) in [4.78, 5) is 18.2. The second-order valence-electron chi connectivity index (χ2n) is 3.75. The van der Waals surface area contributed by atoms with Gasteiger partial charge in [0.25, 0.3) is 5.91 Å². The highest BCUT2D eigenvalue weighted by Gasteiger charge is 2.16. The van der Waals surface area contributed by atoms with E-state index in [1.54, 1.807) is 11.3 Å². The van der Waals surface area contributed by atoms with Crippen LogP contribution in [-0.4, -0.2) is 17.4 Å². The number of fused-ring (bicyclic) bond motifs is 1. The Labute approximate surface area is 107 Å². The van der Waals surface area contributed by atoms with Crippen molar-refractivity contribution in [3.63, 3.8) is 0 Å². The van der Waals surface area contributed by atoms with Crippen LogP contribution in [0.5, 0.6) is 0 Å². The molecule has 4 nitrogen and oxygen atoms in total. The molecule has 0 spiro atoms. The number of anilines is 1. The molecule has 3 heterocycles. The SMILES string of the molecule is O=C(Nc1nc2c(s1)CNCC2)c1cccs1. The summed E-state index contributed by atoms with van der Waals surface area (Å²) in [6.07, 6.45) is 0.945. The first-order valence-corrected chi connectivity index (χ1v) is 7.07. The Balaban J connectivity index is 1.77. The average molecular weight is 265 g/mol. The van der Waals surface area contributed by atoms with E-state index in [1.165, 1.54) is 16.2 Å². The number of hydrogen-bond acceptors (Lipinski definition) is 5. The second kappa shape index (κ2) is 4.56. The van der Waals surface area contributed by atoms with Gasteiger partial charge in [0.2, 0.25) is 0 Å². The maximum Gasteiger partial charge on any atom is 0.267 e. The minimum absolute atomic E-state index is 0.0703. The van der Waals surface area contributed by atoms with Crippen LogP contribution in [0.2, 0.25) is 0 Å². The maximum atomic E-state index is 11.8. The first-order chi connectivity index (χ1) is 8.33. The molecule has 0 fully saturated rings. The third-order valence-electron chi connectivity index (χ3n) is 2.57. The van der Waals surface area contributed by atoms with E-state index in [0.29, 0.717) is 5.13 Å². The number of nitrogens with zero attached hydrogens (tertiary/aromatic N) is 1. The lowest BCUT2D eigenvalue weighted by atomic mass is 10.2. The number of carbonyl (C=O) groups is 1. The third-order valence-corrected chi connectivity index (χ3v) is 4.45. The highest BCUT2D eigenvalue weighted by Crippen LogP contribution is 2.26. The Bertz CT molecular complexity index is 509. The summed E-state index contributed by atoms with van der Waals surface area (Å²) in [6, 6.07) is 3.69. The molecule has 0 aromatic carbocycles. The van der Waals surface area contributed by atoms with E-state index in [4.69, 9.17) is 0 Å². The Hall–Kier alpha value is -1.24. The topological polar surface area (TPSA) is 54.0 Å². The van der Waals surface area contributed by atoms with Gasteiger partial charge in [0.15, 0.2) is 5.13 Å².